The molecule has 2 unspecified atom stereocenters. The number of benzene rings is 4. The van der Waals surface area contributed by atoms with Gasteiger partial charge in [0.1, 0.15) is 47.8 Å². The van der Waals surface area contributed by atoms with Gasteiger partial charge in [0.15, 0.2) is 0 Å². The minimum atomic E-state index is -5.48. The number of carbonyl (C=O) groups is 2. The molecular weight excluding hydrogens is 1710 g/mol. The fourth-order valence-corrected chi connectivity index (χ4v) is 13.2. The van der Waals surface area contributed by atoms with Gasteiger partial charge in [0.05, 0.1) is 40.7 Å². The van der Waals surface area contributed by atoms with Crippen molar-refractivity contribution in [2.45, 2.75) is 105 Å². The topological polar surface area (TPSA) is 680 Å². The van der Waals surface area contributed by atoms with Crippen LogP contribution in [-0.4, -0.2) is 208 Å². The van der Waals surface area contributed by atoms with Gasteiger partial charge >= 0.3 is 306 Å². The summed E-state index contributed by atoms with van der Waals surface area (Å²) in [5, 5.41) is 7.75. The van der Waals surface area contributed by atoms with E-state index in [9.17, 15) is 93.6 Å². The van der Waals surface area contributed by atoms with Crippen LogP contribution in [0.15, 0.2) is 99.6 Å². The number of nitrogens with zero attached hydrogens (tertiary/aromatic N) is 8. The van der Waals surface area contributed by atoms with Gasteiger partial charge < -0.3 is 89.6 Å². The number of hydrogen-bond donors (Lipinski definition) is 3. The molecule has 6 rings (SSSR count). The van der Waals surface area contributed by atoms with Crippen LogP contribution in [0.4, 0.5) is 35.2 Å². The molecule has 0 saturated carbocycles. The van der Waals surface area contributed by atoms with Crippen molar-refractivity contribution in [3.8, 4) is 0 Å². The van der Waals surface area contributed by atoms with E-state index in [-0.39, 0.29) is 395 Å². The van der Waals surface area contributed by atoms with Crippen molar-refractivity contribution in [2.75, 3.05) is 45.0 Å². The first-order valence-corrected chi connectivity index (χ1v) is 36.2. The first-order chi connectivity index (χ1) is 45.5. The van der Waals surface area contributed by atoms with Gasteiger partial charge in [-0.25, -0.2) is 59.6 Å². The Kier molecular flexibility index (Phi) is 72.7. The molecule has 7 N–H and O–H groups in total. The Bertz CT molecular complexity index is 4740. The van der Waals surface area contributed by atoms with Crippen LogP contribution in [0.5, 0.6) is 0 Å². The Balaban J connectivity index is -0.000000705. The Hall–Kier alpha value is 0.670. The molecule has 6 aromatic rings. The van der Waals surface area contributed by atoms with Gasteiger partial charge in [0, 0.05) is 67.9 Å². The van der Waals surface area contributed by atoms with E-state index in [1.54, 1.807) is 43.1 Å². The summed E-state index contributed by atoms with van der Waals surface area (Å²) in [6, 6.07) is 17.1. The van der Waals surface area contributed by atoms with Crippen LogP contribution < -0.4 is 321 Å². The largest absolute Gasteiger partial charge is 1.00 e. The van der Waals surface area contributed by atoms with Gasteiger partial charge in [-0.15, -0.1) is 12.6 Å². The molecule has 2 aromatic heterocycles. The van der Waals surface area contributed by atoms with E-state index in [2.05, 4.69) is 51.9 Å². The average molecular weight is 1770 g/mol. The zero-order valence-electron chi connectivity index (χ0n) is 63.3. The average Bonchev–Trinajstić information content (AvgIpc) is 0.801. The van der Waals surface area contributed by atoms with E-state index in [1.165, 1.54) is 57.1 Å². The number of ketones is 1. The molecule has 55 heteroatoms. The summed E-state index contributed by atoms with van der Waals surface area (Å²) >= 11 is 0. The zero-order valence-corrected chi connectivity index (χ0v) is 88.2. The predicted molar refractivity (Wildman–Crippen MR) is 345 cm³/mol. The van der Waals surface area contributed by atoms with E-state index in [1.807, 2.05) is 0 Å². The molecular formula is C57H59N11Na10O28S6-4. The van der Waals surface area contributed by atoms with Crippen LogP contribution in [0, 0.1) is 11.5 Å². The first-order valence-electron chi connectivity index (χ1n) is 27.9. The predicted octanol–water partition coefficient (Wildman–Crippen LogP) is -29.9. The monoisotopic (exact) mass is 1770 g/mol. The van der Waals surface area contributed by atoms with E-state index in [0.717, 1.165) is 59.5 Å². The first kappa shape index (κ1) is 133. The maximum Gasteiger partial charge on any atom is 1.00 e. The summed E-state index contributed by atoms with van der Waals surface area (Å²) in [4.78, 5) is 100. The van der Waals surface area contributed by atoms with E-state index in [0.29, 0.717) is 5.56 Å². The number of anilines is 6. The molecule has 0 aliphatic heterocycles. The van der Waals surface area contributed by atoms with Crippen LogP contribution >= 0.6 is 0 Å². The van der Waals surface area contributed by atoms with Crippen molar-refractivity contribution < 1.29 is 424 Å². The molecule has 112 heavy (non-hydrogen) atoms. The van der Waals surface area contributed by atoms with Crippen molar-refractivity contribution in [3.05, 3.63) is 125 Å². The molecule has 2 heterocycles. The minimum Gasteiger partial charge on any atom is -0.870 e. The van der Waals surface area contributed by atoms with Gasteiger partial charge in [-0.2, -0.15) is 73.7 Å². The van der Waals surface area contributed by atoms with Crippen LogP contribution in [0.2, 0.25) is 0 Å². The van der Waals surface area contributed by atoms with Gasteiger partial charge in [-0.1, -0.05) is 56.3 Å². The van der Waals surface area contributed by atoms with E-state index in [4.69, 9.17) is 12.6 Å². The number of rotatable bonds is 36. The number of Topliss-reactive ketones (excluding diaryl/α,β-unsaturated/α-hetero) is 1. The Morgan fingerprint density at radius 2 is 0.920 bits per heavy atom. The summed E-state index contributed by atoms with van der Waals surface area (Å²) < 4.78 is 207. The molecule has 0 fully saturated rings. The second-order valence-electron chi connectivity index (χ2n) is 22.4. The summed E-state index contributed by atoms with van der Waals surface area (Å²) in [7, 11) is -28.5. The Labute approximate surface area is 869 Å². The van der Waals surface area contributed by atoms with Gasteiger partial charge in [0.2, 0.25) is 29.7 Å². The molecule has 39 nitrogen and oxygen atoms in total. The van der Waals surface area contributed by atoms with Crippen LogP contribution in [-0.2, 0) is 103 Å². The SMILES string of the molecule is CC(C)(CC(=O)CCN(c1nc(Cc2cc[c-]cc2)nc(Cc2ccc(/C=C/c3ccc(Nc4nc(Nc5ccc(S(=O)(=O)[O-])cc5)nc(N(CCC(=O)NC(C)(C)CS(=O)(=O)[O-])C([C-]=O)C[C-]=O)n4)cc3S(=O)(=O)[O-])c(S(=O)(=O)[O-])c2)n1)C([C-]=O)C[C-]=O)CS(=O)(=O)[O-].O=S(=O)=O.[Na+].[Na+].[Na+].[Na+].[Na+].[Na+].[Na+].[Na+].[Na+].[Na+].[OH-].[OH-].[OH-].[OH-]. The standard InChI is InChI=1S/C57H60N11O21S5.10Na.O3S.4H2O/c1-56(2,35-90(75,76)77)32-45(73)20-24-67(43(33-71)22-26-69)54-61-49(29-37-8-6-5-7-9-37)60-50(62-54)30-38-10-11-39(47(28-38)93(84,85)86)12-13-40-14-15-42(31-48(40)94(87,88)89)59-53-63-52(58-41-16-18-46(19-17-41)92(81,82)83)64-55(65-53)68(44(34-72)23-27-70)25-21-51(74)66-57(3,4)36-91(78,79)80;;;;;;;;;;;1-4(2)3;;;;/h6-19,28,31,43-44H,20-25,29-30,32,35-36H2,1-4H3,(H,66,74)(H,75,76,77)(H,78,79,80)(H,81,82,83)(H,84,85,86)(H,87,88,89)(H2,58,59,63,64,65);;;;;;;;;;;;4*1H2/q-5;10*+1;;;;;/p-9/b13-12+;;;;;;;;;;;;;;;. The van der Waals surface area contributed by atoms with Crippen molar-refractivity contribution in [2.24, 2.45) is 5.41 Å². The second kappa shape index (κ2) is 61.1. The molecule has 0 aliphatic rings. The summed E-state index contributed by atoms with van der Waals surface area (Å²) in [5.74, 6) is -5.04. The molecule has 0 saturated heterocycles. The smallest absolute Gasteiger partial charge is 0.870 e. The Morgan fingerprint density at radius 1 is 0.518 bits per heavy atom. The maximum absolute atomic E-state index is 13.2. The molecule has 0 aliphatic carbocycles. The van der Waals surface area contributed by atoms with Crippen molar-refractivity contribution in [1.29, 1.82) is 0 Å². The molecule has 560 valence electrons. The third kappa shape index (κ3) is 48.5. The van der Waals surface area contributed by atoms with E-state index < -0.39 is 166 Å². The molecule has 4 aromatic carbocycles. The van der Waals surface area contributed by atoms with Gasteiger partial charge in [-0.3, -0.25) is 22.2 Å². The van der Waals surface area contributed by atoms with Crippen LogP contribution in [0.1, 0.15) is 93.7 Å². The van der Waals surface area contributed by atoms with Crippen LogP contribution in [0.25, 0.3) is 12.2 Å². The maximum atomic E-state index is 13.2. The number of aromatic nitrogens is 6. The summed E-state index contributed by atoms with van der Waals surface area (Å²) in [6.07, 6.45) is 5.50. The van der Waals surface area contributed by atoms with Gasteiger partial charge in [0.25, 0.3) is 0 Å². The van der Waals surface area contributed by atoms with E-state index >= 15 is 0 Å². The van der Waals surface area contributed by atoms with Crippen molar-refractivity contribution in [1.82, 2.24) is 35.2 Å². The molecule has 0 bridgehead atoms. The van der Waals surface area contributed by atoms with Crippen molar-refractivity contribution >= 4 is 145 Å². The zero-order chi connectivity index (χ0) is 73.2. The normalized spacial score (nSPS) is 11.2. The number of amides is 1. The molecule has 2 atom stereocenters. The Morgan fingerprint density at radius 3 is 1.34 bits per heavy atom. The minimum absolute atomic E-state index is 0. The van der Waals surface area contributed by atoms with Gasteiger partial charge in [-0.05, 0) is 78.4 Å². The molecule has 0 spiro atoms. The fourth-order valence-electron chi connectivity index (χ4n) is 9.32. The fraction of sp³-hybridized carbons (Fsp3) is 0.333. The van der Waals surface area contributed by atoms with Crippen LogP contribution in [0.3, 0.4) is 0 Å². The summed E-state index contributed by atoms with van der Waals surface area (Å²) in [5.41, 5.74) is -3.05. The number of nitrogens with one attached hydrogen (secondary N) is 3. The number of carbonyl (C=O) groups excluding carboxylic acids is 6. The number of hydrogen-bond acceptors (Lipinski definition) is 38. The summed E-state index contributed by atoms with van der Waals surface area (Å²) in [6.45, 7) is 4.41. The third-order valence-electron chi connectivity index (χ3n) is 13.1. The quantitative estimate of drug-likeness (QED) is 0.0142. The molecule has 0 radical (unpaired) electrons. The second-order valence-corrected chi connectivity index (χ2v) is 29.7. The molecule has 1 amide bonds. The third-order valence-corrected chi connectivity index (χ3v) is 18.0. The van der Waals surface area contributed by atoms with Crippen molar-refractivity contribution in [3.63, 3.8) is 0 Å².